The monoisotopic (exact) mass is 314 g/mol. The van der Waals surface area contributed by atoms with Crippen LogP contribution in [0.4, 0.5) is 0 Å². The van der Waals surface area contributed by atoms with Crippen LogP contribution in [-0.2, 0) is 0 Å². The van der Waals surface area contributed by atoms with Crippen molar-refractivity contribution in [2.45, 2.75) is 0 Å². The zero-order valence-electron chi connectivity index (χ0n) is 11.1. The first kappa shape index (κ1) is 14.0. The van der Waals surface area contributed by atoms with Crippen molar-refractivity contribution in [1.82, 2.24) is 0 Å². The molecule has 0 saturated carbocycles. The Labute approximate surface area is 133 Å². The van der Waals surface area contributed by atoms with Crippen LogP contribution in [-0.4, -0.2) is 0 Å². The van der Waals surface area contributed by atoms with Crippen molar-refractivity contribution in [2.24, 2.45) is 0 Å². The van der Waals surface area contributed by atoms with Gasteiger partial charge in [0, 0.05) is 15.6 Å². The molecule has 3 rings (SSSR count). The van der Waals surface area contributed by atoms with Crippen LogP contribution < -0.4 is 0 Å². The average Bonchev–Trinajstić information content (AvgIpc) is 2.94. The Balaban J connectivity index is 1.82. The molecule has 0 amide bonds. The summed E-state index contributed by atoms with van der Waals surface area (Å²) in [5.41, 5.74) is 1.99. The van der Waals surface area contributed by atoms with Crippen LogP contribution >= 0.6 is 23.2 Å². The molecule has 0 N–H and O–H groups in total. The average molecular weight is 315 g/mol. The lowest BCUT2D eigenvalue weighted by molar-refractivity contribution is 0.572. The Hall–Kier alpha value is -1.96. The van der Waals surface area contributed by atoms with Gasteiger partial charge in [0.1, 0.15) is 11.5 Å². The van der Waals surface area contributed by atoms with E-state index in [1.54, 1.807) is 0 Å². The number of furan rings is 1. The molecule has 1 heterocycles. The maximum absolute atomic E-state index is 5.99. The van der Waals surface area contributed by atoms with Crippen LogP contribution in [0.15, 0.2) is 65.1 Å². The molecule has 0 saturated heterocycles. The molecule has 2 aromatic carbocycles. The molecule has 0 aliphatic carbocycles. The van der Waals surface area contributed by atoms with Crippen molar-refractivity contribution in [3.8, 4) is 11.3 Å². The van der Waals surface area contributed by atoms with E-state index < -0.39 is 0 Å². The first-order valence-electron chi connectivity index (χ1n) is 6.50. The second kappa shape index (κ2) is 6.21. The molecule has 0 fully saturated rings. The van der Waals surface area contributed by atoms with Gasteiger partial charge in [0.2, 0.25) is 0 Å². The van der Waals surface area contributed by atoms with Crippen LogP contribution in [0.2, 0.25) is 10.0 Å². The highest BCUT2D eigenvalue weighted by molar-refractivity contribution is 6.31. The van der Waals surface area contributed by atoms with E-state index in [0.29, 0.717) is 5.02 Å². The van der Waals surface area contributed by atoms with E-state index in [2.05, 4.69) is 0 Å². The second-order valence-corrected chi connectivity index (χ2v) is 5.47. The number of halogens is 2. The van der Waals surface area contributed by atoms with Crippen molar-refractivity contribution in [2.75, 3.05) is 0 Å². The minimum atomic E-state index is 0.694. The van der Waals surface area contributed by atoms with Gasteiger partial charge in [0.15, 0.2) is 0 Å². The van der Waals surface area contributed by atoms with Crippen LogP contribution in [0.3, 0.4) is 0 Å². The Morgan fingerprint density at radius 1 is 0.762 bits per heavy atom. The molecule has 1 nitrogen and oxygen atoms in total. The van der Waals surface area contributed by atoms with Crippen LogP contribution in [0.25, 0.3) is 23.5 Å². The minimum Gasteiger partial charge on any atom is -0.457 e. The highest BCUT2D eigenvalue weighted by Crippen LogP contribution is 2.25. The van der Waals surface area contributed by atoms with E-state index in [1.807, 2.05) is 72.8 Å². The lowest BCUT2D eigenvalue weighted by Gasteiger charge is -1.97. The quantitative estimate of drug-likeness (QED) is 0.543. The van der Waals surface area contributed by atoms with Crippen molar-refractivity contribution in [1.29, 1.82) is 0 Å². The predicted molar refractivity (Wildman–Crippen MR) is 89.5 cm³/mol. The highest BCUT2D eigenvalue weighted by Gasteiger charge is 2.03. The van der Waals surface area contributed by atoms with Gasteiger partial charge in [-0.15, -0.1) is 0 Å². The summed E-state index contributed by atoms with van der Waals surface area (Å²) in [5.74, 6) is 1.58. The summed E-state index contributed by atoms with van der Waals surface area (Å²) in [6.45, 7) is 0. The summed E-state index contributed by atoms with van der Waals surface area (Å²) in [7, 11) is 0. The molecule has 0 bridgehead atoms. The van der Waals surface area contributed by atoms with Gasteiger partial charge in [-0.3, -0.25) is 0 Å². The predicted octanol–water partition coefficient (Wildman–Crippen LogP) is 6.42. The van der Waals surface area contributed by atoms with Gasteiger partial charge in [-0.05, 0) is 48.0 Å². The summed E-state index contributed by atoms with van der Waals surface area (Å²) in [5, 5.41) is 1.41. The Morgan fingerprint density at radius 2 is 1.52 bits per heavy atom. The minimum absolute atomic E-state index is 0.694. The molecule has 1 aromatic heterocycles. The van der Waals surface area contributed by atoms with Crippen molar-refractivity contribution in [3.05, 3.63) is 82.0 Å². The standard InChI is InChI=1S/C18H12Cl2O/c19-15-5-1-3-13(11-15)7-8-17-9-10-18(21-17)14-4-2-6-16(20)12-14/h1-12H. The Kier molecular flexibility index (Phi) is 4.14. The topological polar surface area (TPSA) is 13.1 Å². The maximum atomic E-state index is 5.99. The summed E-state index contributed by atoms with van der Waals surface area (Å²) in [6.07, 6.45) is 3.88. The Bertz CT molecular complexity index is 787. The SMILES string of the molecule is Clc1cccc(C=Cc2ccc(-c3cccc(Cl)c3)o2)c1. The summed E-state index contributed by atoms with van der Waals surface area (Å²) >= 11 is 11.9. The molecular formula is C18H12Cl2O. The van der Waals surface area contributed by atoms with Gasteiger partial charge >= 0.3 is 0 Å². The summed E-state index contributed by atoms with van der Waals surface area (Å²) < 4.78 is 5.80. The van der Waals surface area contributed by atoms with E-state index in [0.717, 1.165) is 27.7 Å². The third-order valence-electron chi connectivity index (χ3n) is 3.02. The fourth-order valence-electron chi connectivity index (χ4n) is 2.03. The molecule has 0 radical (unpaired) electrons. The lowest BCUT2D eigenvalue weighted by atomic mass is 10.2. The first-order valence-corrected chi connectivity index (χ1v) is 7.26. The number of hydrogen-bond acceptors (Lipinski definition) is 1. The van der Waals surface area contributed by atoms with Crippen molar-refractivity contribution < 1.29 is 4.42 Å². The molecule has 0 aliphatic rings. The van der Waals surface area contributed by atoms with E-state index in [-0.39, 0.29) is 0 Å². The van der Waals surface area contributed by atoms with E-state index in [9.17, 15) is 0 Å². The fourth-order valence-corrected chi connectivity index (χ4v) is 2.42. The van der Waals surface area contributed by atoms with Crippen LogP contribution in [0.1, 0.15) is 11.3 Å². The third kappa shape index (κ3) is 3.57. The summed E-state index contributed by atoms with van der Waals surface area (Å²) in [6, 6.07) is 19.1. The molecule has 104 valence electrons. The van der Waals surface area contributed by atoms with E-state index in [4.69, 9.17) is 27.6 Å². The molecule has 3 aromatic rings. The van der Waals surface area contributed by atoms with Crippen LogP contribution in [0, 0.1) is 0 Å². The smallest absolute Gasteiger partial charge is 0.134 e. The third-order valence-corrected chi connectivity index (χ3v) is 3.49. The summed E-state index contributed by atoms with van der Waals surface area (Å²) in [4.78, 5) is 0. The molecule has 21 heavy (non-hydrogen) atoms. The van der Waals surface area contributed by atoms with Gasteiger partial charge in [0.25, 0.3) is 0 Å². The molecule has 0 spiro atoms. The number of hydrogen-bond donors (Lipinski definition) is 0. The van der Waals surface area contributed by atoms with Gasteiger partial charge in [0.05, 0.1) is 0 Å². The second-order valence-electron chi connectivity index (χ2n) is 4.60. The highest BCUT2D eigenvalue weighted by atomic mass is 35.5. The van der Waals surface area contributed by atoms with Crippen molar-refractivity contribution in [3.63, 3.8) is 0 Å². The zero-order valence-corrected chi connectivity index (χ0v) is 12.6. The van der Waals surface area contributed by atoms with Crippen molar-refractivity contribution >= 4 is 35.4 Å². The van der Waals surface area contributed by atoms with Gasteiger partial charge in [-0.2, -0.15) is 0 Å². The van der Waals surface area contributed by atoms with E-state index in [1.165, 1.54) is 0 Å². The van der Waals surface area contributed by atoms with Crippen LogP contribution in [0.5, 0.6) is 0 Å². The molecule has 0 unspecified atom stereocenters. The van der Waals surface area contributed by atoms with Gasteiger partial charge < -0.3 is 4.42 Å². The normalized spacial score (nSPS) is 11.1. The first-order chi connectivity index (χ1) is 10.2. The molecule has 0 aliphatic heterocycles. The Morgan fingerprint density at radius 3 is 2.29 bits per heavy atom. The lowest BCUT2D eigenvalue weighted by Crippen LogP contribution is -1.73. The van der Waals surface area contributed by atoms with Gasteiger partial charge in [-0.25, -0.2) is 0 Å². The van der Waals surface area contributed by atoms with Gasteiger partial charge in [-0.1, -0.05) is 53.5 Å². The zero-order chi connectivity index (χ0) is 14.7. The molecule has 3 heteroatoms. The molecule has 0 atom stereocenters. The number of rotatable bonds is 3. The fraction of sp³-hybridized carbons (Fsp3) is 0. The maximum Gasteiger partial charge on any atom is 0.134 e. The van der Waals surface area contributed by atoms with E-state index >= 15 is 0 Å². The largest absolute Gasteiger partial charge is 0.457 e. The number of benzene rings is 2. The molecular weight excluding hydrogens is 303 g/mol.